The van der Waals surface area contributed by atoms with Gasteiger partial charge in [-0.3, -0.25) is 4.79 Å². The Morgan fingerprint density at radius 3 is 2.74 bits per heavy atom. The van der Waals surface area contributed by atoms with Crippen LogP contribution in [0.25, 0.3) is 0 Å². The molecule has 1 atom stereocenters. The highest BCUT2D eigenvalue weighted by atomic mass is 32.1. The smallest absolute Gasteiger partial charge is 0.263 e. The third-order valence-electron chi connectivity index (χ3n) is 2.73. The summed E-state index contributed by atoms with van der Waals surface area (Å²) in [7, 11) is 0. The van der Waals surface area contributed by atoms with Gasteiger partial charge in [-0.2, -0.15) is 0 Å². The number of aliphatic hydroxyl groups is 1. The van der Waals surface area contributed by atoms with Crippen molar-refractivity contribution in [3.63, 3.8) is 0 Å². The number of aryl methyl sites for hydroxylation is 1. The van der Waals surface area contributed by atoms with Gasteiger partial charge in [0, 0.05) is 0 Å². The van der Waals surface area contributed by atoms with Gasteiger partial charge < -0.3 is 10.4 Å². The average Bonchev–Trinajstić information content (AvgIpc) is 2.86. The summed E-state index contributed by atoms with van der Waals surface area (Å²) in [5, 5.41) is 13.0. The molecule has 5 heteroatoms. The fourth-order valence-electron chi connectivity index (χ4n) is 1.78. The zero-order valence-electron chi connectivity index (χ0n) is 10.7. The van der Waals surface area contributed by atoms with Crippen molar-refractivity contribution in [1.82, 2.24) is 10.3 Å². The van der Waals surface area contributed by atoms with Crippen LogP contribution < -0.4 is 5.32 Å². The van der Waals surface area contributed by atoms with Gasteiger partial charge in [-0.1, -0.05) is 30.3 Å². The predicted molar refractivity (Wildman–Crippen MR) is 75.3 cm³/mol. The second kappa shape index (κ2) is 6.45. The fraction of sp³-hybridized carbons (Fsp3) is 0.286. The van der Waals surface area contributed by atoms with Crippen LogP contribution in [-0.4, -0.2) is 28.6 Å². The summed E-state index contributed by atoms with van der Waals surface area (Å²) >= 11 is 1.35. The first-order valence-electron chi connectivity index (χ1n) is 6.07. The molecule has 0 aliphatic heterocycles. The monoisotopic (exact) mass is 276 g/mol. The van der Waals surface area contributed by atoms with Gasteiger partial charge in [0.25, 0.3) is 5.91 Å². The second-order valence-corrected chi connectivity index (χ2v) is 5.52. The number of aliphatic hydroxyl groups excluding tert-OH is 1. The lowest BCUT2D eigenvalue weighted by Gasteiger charge is -2.15. The van der Waals surface area contributed by atoms with Gasteiger partial charge >= 0.3 is 0 Å². The molecular formula is C14H16N2O2S. The first-order chi connectivity index (χ1) is 9.19. The molecule has 0 radical (unpaired) electrons. The summed E-state index contributed by atoms with van der Waals surface area (Å²) < 4.78 is 0. The summed E-state index contributed by atoms with van der Waals surface area (Å²) in [5.41, 5.74) is 1.09. The number of hydrogen-bond acceptors (Lipinski definition) is 4. The average molecular weight is 276 g/mol. The molecule has 0 bridgehead atoms. The van der Waals surface area contributed by atoms with Crippen molar-refractivity contribution in [3.8, 4) is 0 Å². The maximum atomic E-state index is 12.0. The van der Waals surface area contributed by atoms with Gasteiger partial charge in [-0.25, -0.2) is 4.98 Å². The van der Waals surface area contributed by atoms with Crippen LogP contribution in [0.4, 0.5) is 0 Å². The van der Waals surface area contributed by atoms with Crippen LogP contribution >= 0.6 is 11.3 Å². The van der Waals surface area contributed by atoms with E-state index in [0.29, 0.717) is 11.3 Å². The van der Waals surface area contributed by atoms with Crippen LogP contribution in [0, 0.1) is 6.92 Å². The van der Waals surface area contributed by atoms with E-state index >= 15 is 0 Å². The molecule has 19 heavy (non-hydrogen) atoms. The molecule has 1 aromatic heterocycles. The highest BCUT2D eigenvalue weighted by molar-refractivity contribution is 7.13. The van der Waals surface area contributed by atoms with Crippen molar-refractivity contribution in [2.75, 3.05) is 6.61 Å². The standard InChI is InChI=1S/C14H16N2O2S/c1-10-15-8-13(19-10)14(18)16-12(9-17)7-11-5-3-2-4-6-11/h2-6,8,12,17H,7,9H2,1H3,(H,16,18)/t12-/m0/s1. The topological polar surface area (TPSA) is 62.2 Å². The van der Waals surface area contributed by atoms with Crippen LogP contribution in [0.2, 0.25) is 0 Å². The minimum absolute atomic E-state index is 0.0849. The van der Waals surface area contributed by atoms with E-state index in [2.05, 4.69) is 10.3 Å². The number of rotatable bonds is 5. The first-order valence-corrected chi connectivity index (χ1v) is 6.88. The van der Waals surface area contributed by atoms with E-state index in [1.54, 1.807) is 6.20 Å². The summed E-state index contributed by atoms with van der Waals surface area (Å²) in [6.07, 6.45) is 2.17. The Labute approximate surface area is 116 Å². The Morgan fingerprint density at radius 1 is 1.42 bits per heavy atom. The molecule has 0 spiro atoms. The summed E-state index contributed by atoms with van der Waals surface area (Å²) in [4.78, 5) is 16.6. The Balaban J connectivity index is 1.97. The van der Waals surface area contributed by atoms with Crippen LogP contribution in [-0.2, 0) is 6.42 Å². The van der Waals surface area contributed by atoms with Gasteiger partial charge in [0.05, 0.1) is 23.9 Å². The molecule has 1 amide bonds. The molecule has 1 aromatic carbocycles. The number of thiazole rings is 1. The normalized spacial score (nSPS) is 12.1. The molecule has 2 N–H and O–H groups in total. The number of nitrogens with one attached hydrogen (secondary N) is 1. The third kappa shape index (κ3) is 3.87. The lowest BCUT2D eigenvalue weighted by atomic mass is 10.1. The predicted octanol–water partition coefficient (Wildman–Crippen LogP) is 1.78. The zero-order valence-corrected chi connectivity index (χ0v) is 11.5. The Kier molecular flexibility index (Phi) is 4.65. The van der Waals surface area contributed by atoms with Crippen molar-refractivity contribution in [2.45, 2.75) is 19.4 Å². The highest BCUT2D eigenvalue weighted by Crippen LogP contribution is 2.12. The fourth-order valence-corrected chi connectivity index (χ4v) is 2.46. The van der Waals surface area contributed by atoms with E-state index in [-0.39, 0.29) is 18.6 Å². The third-order valence-corrected chi connectivity index (χ3v) is 3.64. The number of aromatic nitrogens is 1. The van der Waals surface area contributed by atoms with E-state index in [1.165, 1.54) is 11.3 Å². The van der Waals surface area contributed by atoms with E-state index in [0.717, 1.165) is 10.6 Å². The number of carbonyl (C=O) groups is 1. The Hall–Kier alpha value is -1.72. The molecular weight excluding hydrogens is 260 g/mol. The van der Waals surface area contributed by atoms with Crippen molar-refractivity contribution in [1.29, 1.82) is 0 Å². The van der Waals surface area contributed by atoms with Gasteiger partial charge in [0.15, 0.2) is 0 Å². The second-order valence-electron chi connectivity index (χ2n) is 4.29. The van der Waals surface area contributed by atoms with Crippen molar-refractivity contribution >= 4 is 17.2 Å². The number of nitrogens with zero attached hydrogens (tertiary/aromatic N) is 1. The first kappa shape index (κ1) is 13.7. The molecule has 0 aliphatic rings. The van der Waals surface area contributed by atoms with Crippen LogP contribution in [0.1, 0.15) is 20.2 Å². The van der Waals surface area contributed by atoms with Gasteiger partial charge in [-0.15, -0.1) is 11.3 Å². The zero-order chi connectivity index (χ0) is 13.7. The number of amides is 1. The molecule has 4 nitrogen and oxygen atoms in total. The molecule has 2 rings (SSSR count). The molecule has 2 aromatic rings. The van der Waals surface area contributed by atoms with Crippen molar-refractivity contribution in [2.24, 2.45) is 0 Å². The highest BCUT2D eigenvalue weighted by Gasteiger charge is 2.15. The Morgan fingerprint density at radius 2 is 2.16 bits per heavy atom. The SMILES string of the molecule is Cc1ncc(C(=O)N[C@H](CO)Cc2ccccc2)s1. The van der Waals surface area contributed by atoms with Gasteiger partial charge in [0.2, 0.25) is 0 Å². The number of hydrogen-bond donors (Lipinski definition) is 2. The van der Waals surface area contributed by atoms with Crippen LogP contribution in [0.5, 0.6) is 0 Å². The number of carbonyl (C=O) groups excluding carboxylic acids is 1. The molecule has 0 unspecified atom stereocenters. The van der Waals surface area contributed by atoms with Gasteiger partial charge in [-0.05, 0) is 18.9 Å². The van der Waals surface area contributed by atoms with Crippen molar-refractivity contribution < 1.29 is 9.90 Å². The molecule has 1 heterocycles. The molecule has 0 saturated heterocycles. The molecule has 100 valence electrons. The quantitative estimate of drug-likeness (QED) is 0.875. The lowest BCUT2D eigenvalue weighted by Crippen LogP contribution is -2.38. The van der Waals surface area contributed by atoms with E-state index in [1.807, 2.05) is 37.3 Å². The van der Waals surface area contributed by atoms with E-state index in [9.17, 15) is 9.90 Å². The van der Waals surface area contributed by atoms with E-state index < -0.39 is 0 Å². The lowest BCUT2D eigenvalue weighted by molar-refractivity contribution is 0.0920. The van der Waals surface area contributed by atoms with Crippen molar-refractivity contribution in [3.05, 3.63) is 52.0 Å². The molecule has 0 aliphatic carbocycles. The minimum Gasteiger partial charge on any atom is -0.394 e. The minimum atomic E-state index is -0.280. The maximum Gasteiger partial charge on any atom is 0.263 e. The van der Waals surface area contributed by atoms with Crippen LogP contribution in [0.3, 0.4) is 0 Å². The maximum absolute atomic E-state index is 12.0. The summed E-state index contributed by atoms with van der Waals surface area (Å²) in [6.45, 7) is 1.77. The molecule has 0 fully saturated rings. The van der Waals surface area contributed by atoms with E-state index in [4.69, 9.17) is 0 Å². The summed E-state index contributed by atoms with van der Waals surface area (Å²) in [6, 6.07) is 9.50. The Bertz CT molecular complexity index is 539. The van der Waals surface area contributed by atoms with Crippen LogP contribution in [0.15, 0.2) is 36.5 Å². The summed E-state index contributed by atoms with van der Waals surface area (Å²) in [5.74, 6) is -0.180. The molecule has 0 saturated carbocycles. The largest absolute Gasteiger partial charge is 0.394 e. The van der Waals surface area contributed by atoms with Gasteiger partial charge in [0.1, 0.15) is 4.88 Å². The number of benzene rings is 1.